The van der Waals surface area contributed by atoms with Gasteiger partial charge in [-0.25, -0.2) is 4.39 Å². The van der Waals surface area contributed by atoms with Gasteiger partial charge in [-0.2, -0.15) is 0 Å². The number of benzene rings is 1. The molecule has 4 heteroatoms. The minimum atomic E-state index is -0.628. The number of aliphatic hydroxyl groups excluding tert-OH is 1. The Balaban J connectivity index is 2.66. The molecule has 1 aromatic carbocycles. The molecule has 0 aliphatic heterocycles. The van der Waals surface area contributed by atoms with Crippen LogP contribution in [0.15, 0.2) is 23.1 Å². The summed E-state index contributed by atoms with van der Waals surface area (Å²) in [6.45, 7) is 8.88. The van der Waals surface area contributed by atoms with Crippen molar-refractivity contribution in [3.8, 4) is 0 Å². The number of halogens is 1. The zero-order chi connectivity index (χ0) is 13.5. The Hall–Kier alpha value is -0.580. The zero-order valence-corrected chi connectivity index (χ0v) is 12.1. The predicted molar refractivity (Wildman–Crippen MR) is 75.5 cm³/mol. The molecule has 1 N–H and O–H groups in total. The van der Waals surface area contributed by atoms with E-state index in [0.29, 0.717) is 10.5 Å². The Bertz CT molecular complexity index is 367. The number of nitrogens with zero attached hydrogens (tertiary/aromatic N) is 1. The Labute approximate surface area is 113 Å². The molecule has 0 radical (unpaired) electrons. The molecular formula is C14H22FNOS. The maximum absolute atomic E-state index is 13.8. The molecule has 0 aliphatic rings. The molecule has 0 saturated heterocycles. The lowest BCUT2D eigenvalue weighted by Crippen LogP contribution is -2.25. The van der Waals surface area contributed by atoms with Crippen LogP contribution in [-0.4, -0.2) is 35.4 Å². The van der Waals surface area contributed by atoms with E-state index in [0.717, 1.165) is 25.4 Å². The molecule has 0 fully saturated rings. The summed E-state index contributed by atoms with van der Waals surface area (Å²) in [6.07, 6.45) is -0.628. The van der Waals surface area contributed by atoms with Gasteiger partial charge >= 0.3 is 0 Å². The molecule has 2 nitrogen and oxygen atoms in total. The van der Waals surface area contributed by atoms with Crippen molar-refractivity contribution in [2.45, 2.75) is 31.8 Å². The highest BCUT2D eigenvalue weighted by atomic mass is 32.2. The van der Waals surface area contributed by atoms with Crippen LogP contribution in [0.3, 0.4) is 0 Å². The Kier molecular flexibility index (Phi) is 6.68. The number of aliphatic hydroxyl groups is 1. The van der Waals surface area contributed by atoms with Crippen LogP contribution in [-0.2, 0) is 0 Å². The summed E-state index contributed by atoms with van der Waals surface area (Å²) >= 11 is 1.48. The lowest BCUT2D eigenvalue weighted by Gasteiger charge is -2.18. The first-order valence-electron chi connectivity index (χ1n) is 6.41. The van der Waals surface area contributed by atoms with Gasteiger partial charge < -0.3 is 10.0 Å². The molecule has 0 spiro atoms. The van der Waals surface area contributed by atoms with Crippen molar-refractivity contribution in [3.63, 3.8) is 0 Å². The fourth-order valence-corrected chi connectivity index (χ4v) is 2.99. The lowest BCUT2D eigenvalue weighted by atomic mass is 10.1. The van der Waals surface area contributed by atoms with Crippen molar-refractivity contribution >= 4 is 11.8 Å². The van der Waals surface area contributed by atoms with E-state index in [4.69, 9.17) is 0 Å². The second-order valence-electron chi connectivity index (χ2n) is 4.21. The van der Waals surface area contributed by atoms with Gasteiger partial charge in [-0.05, 0) is 31.6 Å². The van der Waals surface area contributed by atoms with Gasteiger partial charge in [0, 0.05) is 17.2 Å². The van der Waals surface area contributed by atoms with E-state index < -0.39 is 6.10 Å². The third-order valence-electron chi connectivity index (χ3n) is 3.00. The van der Waals surface area contributed by atoms with Crippen molar-refractivity contribution in [3.05, 3.63) is 29.6 Å². The summed E-state index contributed by atoms with van der Waals surface area (Å²) in [5.74, 6) is 0.598. The van der Waals surface area contributed by atoms with E-state index in [9.17, 15) is 9.50 Å². The fourth-order valence-electron chi connectivity index (χ4n) is 1.82. The summed E-state index contributed by atoms with van der Waals surface area (Å²) in [5.41, 5.74) is 0.680. The first-order valence-corrected chi connectivity index (χ1v) is 7.40. The standard InChI is InChI=1S/C14H22FNOS/c1-4-16(5-2)9-10-18-14-12(11(3)17)7-6-8-13(14)15/h6-8,11,17H,4-5,9-10H2,1-3H3. The molecule has 0 saturated carbocycles. The molecule has 18 heavy (non-hydrogen) atoms. The van der Waals surface area contributed by atoms with E-state index in [-0.39, 0.29) is 5.82 Å². The van der Waals surface area contributed by atoms with Crippen LogP contribution in [0.4, 0.5) is 4.39 Å². The molecule has 0 heterocycles. The van der Waals surface area contributed by atoms with Crippen LogP contribution < -0.4 is 0 Å². The van der Waals surface area contributed by atoms with Gasteiger partial charge in [-0.1, -0.05) is 26.0 Å². The largest absolute Gasteiger partial charge is 0.389 e. The molecule has 1 unspecified atom stereocenters. The van der Waals surface area contributed by atoms with Gasteiger partial charge in [0.15, 0.2) is 0 Å². The SMILES string of the molecule is CCN(CC)CCSc1c(F)cccc1C(C)O. The van der Waals surface area contributed by atoms with Crippen molar-refractivity contribution < 1.29 is 9.50 Å². The van der Waals surface area contributed by atoms with Crippen LogP contribution in [0.2, 0.25) is 0 Å². The van der Waals surface area contributed by atoms with E-state index in [1.165, 1.54) is 17.8 Å². The molecule has 1 aromatic rings. The van der Waals surface area contributed by atoms with Gasteiger partial charge in [0.05, 0.1) is 6.10 Å². The minimum Gasteiger partial charge on any atom is -0.389 e. The number of hydrogen-bond acceptors (Lipinski definition) is 3. The second-order valence-corrected chi connectivity index (χ2v) is 5.31. The normalized spacial score (nSPS) is 13.0. The van der Waals surface area contributed by atoms with Gasteiger partial charge in [-0.15, -0.1) is 11.8 Å². The monoisotopic (exact) mass is 271 g/mol. The molecule has 0 bridgehead atoms. The summed E-state index contributed by atoms with van der Waals surface area (Å²) in [6, 6.07) is 4.88. The van der Waals surface area contributed by atoms with Gasteiger partial charge in [-0.3, -0.25) is 0 Å². The number of rotatable bonds is 7. The summed E-state index contributed by atoms with van der Waals surface area (Å²) in [4.78, 5) is 2.88. The summed E-state index contributed by atoms with van der Waals surface area (Å²) < 4.78 is 13.8. The molecule has 1 rings (SSSR count). The molecule has 0 amide bonds. The lowest BCUT2D eigenvalue weighted by molar-refractivity contribution is 0.195. The van der Waals surface area contributed by atoms with Crippen molar-refractivity contribution in [1.29, 1.82) is 0 Å². The summed E-state index contributed by atoms with van der Waals surface area (Å²) in [5, 5.41) is 9.64. The van der Waals surface area contributed by atoms with Crippen molar-refractivity contribution in [2.75, 3.05) is 25.4 Å². The van der Waals surface area contributed by atoms with Crippen LogP contribution in [0.1, 0.15) is 32.4 Å². The highest BCUT2D eigenvalue weighted by Crippen LogP contribution is 2.30. The van der Waals surface area contributed by atoms with Crippen molar-refractivity contribution in [2.24, 2.45) is 0 Å². The van der Waals surface area contributed by atoms with Gasteiger partial charge in [0.2, 0.25) is 0 Å². The first kappa shape index (κ1) is 15.5. The Morgan fingerprint density at radius 1 is 1.33 bits per heavy atom. The molecule has 1 atom stereocenters. The highest BCUT2D eigenvalue weighted by Gasteiger charge is 2.13. The molecule has 0 aromatic heterocycles. The van der Waals surface area contributed by atoms with E-state index in [2.05, 4.69) is 18.7 Å². The number of hydrogen-bond donors (Lipinski definition) is 1. The fraction of sp³-hybridized carbons (Fsp3) is 0.571. The third-order valence-corrected chi connectivity index (χ3v) is 4.10. The maximum atomic E-state index is 13.8. The van der Waals surface area contributed by atoms with E-state index >= 15 is 0 Å². The maximum Gasteiger partial charge on any atom is 0.137 e. The van der Waals surface area contributed by atoms with Crippen LogP contribution >= 0.6 is 11.8 Å². The van der Waals surface area contributed by atoms with Crippen LogP contribution in [0.5, 0.6) is 0 Å². The number of thioether (sulfide) groups is 1. The van der Waals surface area contributed by atoms with Gasteiger partial charge in [0.1, 0.15) is 5.82 Å². The summed E-state index contributed by atoms with van der Waals surface area (Å²) in [7, 11) is 0. The zero-order valence-electron chi connectivity index (χ0n) is 11.3. The average molecular weight is 271 g/mol. The average Bonchev–Trinajstić information content (AvgIpc) is 2.36. The third kappa shape index (κ3) is 4.26. The van der Waals surface area contributed by atoms with Crippen LogP contribution in [0, 0.1) is 5.82 Å². The molecule has 0 aliphatic carbocycles. The topological polar surface area (TPSA) is 23.5 Å². The predicted octanol–water partition coefficient (Wildman–Crippen LogP) is 3.31. The molecular weight excluding hydrogens is 249 g/mol. The highest BCUT2D eigenvalue weighted by molar-refractivity contribution is 7.99. The molecule has 102 valence electrons. The van der Waals surface area contributed by atoms with Gasteiger partial charge in [0.25, 0.3) is 0 Å². The van der Waals surface area contributed by atoms with Crippen molar-refractivity contribution in [1.82, 2.24) is 4.90 Å². The van der Waals surface area contributed by atoms with Crippen LogP contribution in [0.25, 0.3) is 0 Å². The Morgan fingerprint density at radius 3 is 2.56 bits per heavy atom. The minimum absolute atomic E-state index is 0.238. The Morgan fingerprint density at radius 2 is 2.00 bits per heavy atom. The second kappa shape index (κ2) is 7.77. The van der Waals surface area contributed by atoms with E-state index in [1.807, 2.05) is 0 Å². The smallest absolute Gasteiger partial charge is 0.137 e. The first-order chi connectivity index (χ1) is 8.60. The quantitative estimate of drug-likeness (QED) is 0.770. The van der Waals surface area contributed by atoms with E-state index in [1.54, 1.807) is 19.1 Å².